The van der Waals surface area contributed by atoms with Gasteiger partial charge in [-0.05, 0) is 22.0 Å². The molecule has 0 aromatic carbocycles. The molecule has 0 saturated heterocycles. The van der Waals surface area contributed by atoms with Crippen molar-refractivity contribution in [1.29, 1.82) is 0 Å². The fourth-order valence-electron chi connectivity index (χ4n) is 1.16. The third-order valence-corrected chi connectivity index (χ3v) is 2.23. The van der Waals surface area contributed by atoms with Crippen LogP contribution in [0.15, 0.2) is 16.7 Å². The first-order valence-corrected chi connectivity index (χ1v) is 4.81. The minimum atomic E-state index is -0.589. The number of rotatable bonds is 1. The van der Waals surface area contributed by atoms with Gasteiger partial charge in [-0.1, -0.05) is 0 Å². The Morgan fingerprint density at radius 3 is 3.07 bits per heavy atom. The van der Waals surface area contributed by atoms with Crippen LogP contribution in [0, 0.1) is 0 Å². The van der Waals surface area contributed by atoms with Crippen molar-refractivity contribution in [2.24, 2.45) is 0 Å². The Hall–Kier alpha value is -1.63. The van der Waals surface area contributed by atoms with Crippen LogP contribution >= 0.6 is 15.9 Å². The van der Waals surface area contributed by atoms with Crippen LogP contribution in [0.1, 0.15) is 10.6 Å². The normalized spacial score (nSPS) is 10.5. The highest BCUT2D eigenvalue weighted by Crippen LogP contribution is 2.18. The SMILES string of the molecule is COC(=O)c1nc2c(N)cc(Br)cn2n1. The van der Waals surface area contributed by atoms with Gasteiger partial charge in [-0.25, -0.2) is 9.31 Å². The van der Waals surface area contributed by atoms with Crippen LogP contribution in [-0.2, 0) is 4.74 Å². The first kappa shape index (κ1) is 9.91. The van der Waals surface area contributed by atoms with E-state index in [1.807, 2.05) is 0 Å². The van der Waals surface area contributed by atoms with Gasteiger partial charge in [0.15, 0.2) is 5.65 Å². The molecule has 2 N–H and O–H groups in total. The van der Waals surface area contributed by atoms with Crippen LogP contribution in [0.25, 0.3) is 5.65 Å². The van der Waals surface area contributed by atoms with E-state index < -0.39 is 5.97 Å². The molecule has 15 heavy (non-hydrogen) atoms. The number of anilines is 1. The Bertz CT molecular complexity index is 537. The second-order valence-electron chi connectivity index (χ2n) is 2.81. The summed E-state index contributed by atoms with van der Waals surface area (Å²) in [6, 6.07) is 1.69. The average molecular weight is 271 g/mol. The molecule has 2 rings (SSSR count). The molecular formula is C8H7BrN4O2. The number of nitrogen functional groups attached to an aromatic ring is 1. The zero-order valence-electron chi connectivity index (χ0n) is 7.77. The summed E-state index contributed by atoms with van der Waals surface area (Å²) in [4.78, 5) is 15.1. The predicted molar refractivity (Wildman–Crippen MR) is 56.4 cm³/mol. The predicted octanol–water partition coefficient (Wildman–Crippen LogP) is 0.861. The molecular weight excluding hydrogens is 264 g/mol. The highest BCUT2D eigenvalue weighted by atomic mass is 79.9. The zero-order chi connectivity index (χ0) is 11.0. The summed E-state index contributed by atoms with van der Waals surface area (Å²) in [5.41, 5.74) is 6.57. The van der Waals surface area contributed by atoms with E-state index in [0.29, 0.717) is 11.3 Å². The molecule has 0 unspecified atom stereocenters. The van der Waals surface area contributed by atoms with Crippen LogP contribution in [-0.4, -0.2) is 27.7 Å². The number of pyridine rings is 1. The summed E-state index contributed by atoms with van der Waals surface area (Å²) in [6.45, 7) is 0. The number of fused-ring (bicyclic) bond motifs is 1. The van der Waals surface area contributed by atoms with Gasteiger partial charge in [-0.3, -0.25) is 0 Å². The van der Waals surface area contributed by atoms with Gasteiger partial charge in [0.1, 0.15) is 0 Å². The van der Waals surface area contributed by atoms with Gasteiger partial charge in [0.25, 0.3) is 5.82 Å². The molecule has 0 fully saturated rings. The third kappa shape index (κ3) is 1.65. The molecule has 0 aliphatic rings. The summed E-state index contributed by atoms with van der Waals surface area (Å²) in [5.74, 6) is -0.600. The lowest BCUT2D eigenvalue weighted by atomic mass is 10.4. The number of esters is 1. The molecule has 2 heterocycles. The summed E-state index contributed by atoms with van der Waals surface area (Å²) < 4.78 is 6.69. The van der Waals surface area contributed by atoms with Gasteiger partial charge in [0, 0.05) is 10.7 Å². The zero-order valence-corrected chi connectivity index (χ0v) is 9.35. The van der Waals surface area contributed by atoms with Gasteiger partial charge in [-0.15, -0.1) is 5.10 Å². The molecule has 0 aliphatic carbocycles. The topological polar surface area (TPSA) is 82.5 Å². The molecule has 78 valence electrons. The Balaban J connectivity index is 2.65. The number of halogens is 1. The Kier molecular flexibility index (Phi) is 2.31. The molecule has 7 heteroatoms. The number of carbonyl (C=O) groups is 1. The van der Waals surface area contributed by atoms with E-state index in [0.717, 1.165) is 4.47 Å². The quantitative estimate of drug-likeness (QED) is 0.778. The number of aromatic nitrogens is 3. The van der Waals surface area contributed by atoms with Crippen molar-refractivity contribution in [3.63, 3.8) is 0 Å². The maximum Gasteiger partial charge on any atom is 0.377 e. The van der Waals surface area contributed by atoms with Crippen molar-refractivity contribution in [3.8, 4) is 0 Å². The molecule has 0 saturated carbocycles. The van der Waals surface area contributed by atoms with Crippen molar-refractivity contribution in [3.05, 3.63) is 22.6 Å². The number of nitrogens with zero attached hydrogens (tertiary/aromatic N) is 3. The monoisotopic (exact) mass is 270 g/mol. The number of carbonyl (C=O) groups excluding carboxylic acids is 1. The van der Waals surface area contributed by atoms with Crippen LogP contribution in [0.5, 0.6) is 0 Å². The van der Waals surface area contributed by atoms with Crippen molar-refractivity contribution in [2.45, 2.75) is 0 Å². The molecule has 2 aromatic heterocycles. The molecule has 2 aromatic rings. The molecule has 0 bridgehead atoms. The second-order valence-corrected chi connectivity index (χ2v) is 3.72. The highest BCUT2D eigenvalue weighted by molar-refractivity contribution is 9.10. The maximum atomic E-state index is 11.2. The van der Waals surface area contributed by atoms with E-state index in [9.17, 15) is 4.79 Å². The molecule has 0 radical (unpaired) electrons. The summed E-state index contributed by atoms with van der Waals surface area (Å²) in [5, 5.41) is 3.93. The fraction of sp³-hybridized carbons (Fsp3) is 0.125. The van der Waals surface area contributed by atoms with Gasteiger partial charge < -0.3 is 10.5 Å². The van der Waals surface area contributed by atoms with Crippen molar-refractivity contribution in [1.82, 2.24) is 14.6 Å². The number of hydrogen-bond donors (Lipinski definition) is 1. The van der Waals surface area contributed by atoms with Crippen LogP contribution in [0.4, 0.5) is 5.69 Å². The van der Waals surface area contributed by atoms with E-state index in [2.05, 4.69) is 30.7 Å². The van der Waals surface area contributed by atoms with E-state index in [4.69, 9.17) is 5.73 Å². The van der Waals surface area contributed by atoms with E-state index in [-0.39, 0.29) is 5.82 Å². The molecule has 0 amide bonds. The summed E-state index contributed by atoms with van der Waals surface area (Å²) >= 11 is 3.26. The summed E-state index contributed by atoms with van der Waals surface area (Å²) in [6.07, 6.45) is 1.66. The maximum absolute atomic E-state index is 11.2. The van der Waals surface area contributed by atoms with Gasteiger partial charge >= 0.3 is 5.97 Å². The average Bonchev–Trinajstić information content (AvgIpc) is 2.60. The smallest absolute Gasteiger partial charge is 0.377 e. The lowest BCUT2D eigenvalue weighted by Gasteiger charge is -1.96. The van der Waals surface area contributed by atoms with Crippen molar-refractivity contribution >= 4 is 33.2 Å². The number of ether oxygens (including phenoxy) is 1. The van der Waals surface area contributed by atoms with Gasteiger partial charge in [-0.2, -0.15) is 4.98 Å². The van der Waals surface area contributed by atoms with Crippen LogP contribution in [0.3, 0.4) is 0 Å². The number of hydrogen-bond acceptors (Lipinski definition) is 5. The minimum Gasteiger partial charge on any atom is -0.463 e. The Morgan fingerprint density at radius 1 is 1.67 bits per heavy atom. The van der Waals surface area contributed by atoms with Crippen molar-refractivity contribution < 1.29 is 9.53 Å². The second kappa shape index (κ2) is 3.50. The van der Waals surface area contributed by atoms with Gasteiger partial charge in [0.2, 0.25) is 0 Å². The number of nitrogens with two attached hydrogens (primary N) is 1. The summed E-state index contributed by atoms with van der Waals surface area (Å²) in [7, 11) is 1.27. The largest absolute Gasteiger partial charge is 0.463 e. The first-order valence-electron chi connectivity index (χ1n) is 4.01. The fourth-order valence-corrected chi connectivity index (χ4v) is 1.60. The lowest BCUT2D eigenvalue weighted by molar-refractivity contribution is 0.0587. The minimum absolute atomic E-state index is 0.0118. The first-order chi connectivity index (χ1) is 7.11. The third-order valence-electron chi connectivity index (χ3n) is 1.80. The van der Waals surface area contributed by atoms with Crippen LogP contribution in [0.2, 0.25) is 0 Å². The number of methoxy groups -OCH3 is 1. The van der Waals surface area contributed by atoms with Crippen LogP contribution < -0.4 is 5.73 Å². The Labute approximate surface area is 93.2 Å². The molecule has 0 spiro atoms. The standard InChI is InChI=1S/C8H7BrN4O2/c1-15-8(14)6-11-7-5(10)2-4(9)3-13(7)12-6/h2-3H,10H2,1H3. The van der Waals surface area contributed by atoms with E-state index in [1.165, 1.54) is 11.6 Å². The molecule has 0 aliphatic heterocycles. The van der Waals surface area contributed by atoms with E-state index in [1.54, 1.807) is 12.3 Å². The van der Waals surface area contributed by atoms with Gasteiger partial charge in [0.05, 0.1) is 12.8 Å². The van der Waals surface area contributed by atoms with E-state index >= 15 is 0 Å². The lowest BCUT2D eigenvalue weighted by Crippen LogP contribution is -2.03. The molecule has 0 atom stereocenters. The highest BCUT2D eigenvalue weighted by Gasteiger charge is 2.14. The molecule has 6 nitrogen and oxygen atoms in total. The Morgan fingerprint density at radius 2 is 2.40 bits per heavy atom. The van der Waals surface area contributed by atoms with Crippen molar-refractivity contribution in [2.75, 3.05) is 12.8 Å².